The molecule has 7 nitrogen and oxygen atoms in total. The van der Waals surface area contributed by atoms with Crippen molar-refractivity contribution < 1.29 is 14.3 Å². The second-order valence-electron chi connectivity index (χ2n) is 8.62. The van der Waals surface area contributed by atoms with Crippen molar-refractivity contribution >= 4 is 29.1 Å². The van der Waals surface area contributed by atoms with Gasteiger partial charge in [-0.15, -0.1) is 0 Å². The monoisotopic (exact) mass is 436 g/mol. The summed E-state index contributed by atoms with van der Waals surface area (Å²) in [6.45, 7) is 9.45. The van der Waals surface area contributed by atoms with Gasteiger partial charge in [0.1, 0.15) is 5.75 Å². The van der Waals surface area contributed by atoms with Crippen molar-refractivity contribution in [2.45, 2.75) is 26.3 Å². The third-order valence-corrected chi connectivity index (χ3v) is 6.42. The van der Waals surface area contributed by atoms with E-state index in [2.05, 4.69) is 36.0 Å². The van der Waals surface area contributed by atoms with Gasteiger partial charge < -0.3 is 19.9 Å². The summed E-state index contributed by atoms with van der Waals surface area (Å²) in [6, 6.07) is 5.46. The zero-order chi connectivity index (χ0) is 21.8. The Morgan fingerprint density at radius 1 is 1.27 bits per heavy atom. The van der Waals surface area contributed by atoms with Gasteiger partial charge in [0.2, 0.25) is 11.8 Å². The van der Waals surface area contributed by atoms with E-state index in [0.29, 0.717) is 41.5 Å². The summed E-state index contributed by atoms with van der Waals surface area (Å²) in [6.07, 6.45) is 0.197. The van der Waals surface area contributed by atoms with Crippen molar-refractivity contribution in [3.8, 4) is 5.75 Å². The minimum absolute atomic E-state index is 0.0633. The number of likely N-dealkylation sites (N-methyl/N-ethyl adjacent to an activating group) is 1. The van der Waals surface area contributed by atoms with Crippen LogP contribution in [0.2, 0.25) is 5.02 Å². The highest BCUT2D eigenvalue weighted by molar-refractivity contribution is 6.31. The standard InChI is InChI=1S/C22H33ClN4O3/c1-15(2)19(26-9-7-25(3)8-10-26)13-24-22(29)16-11-21(28)27(14-16)18-12-17(23)5-6-20(18)30-4/h5-6,12,15-16,19H,7-11,13-14H2,1-4H3,(H,24,29). The number of carbonyl (C=O) groups is 2. The summed E-state index contributed by atoms with van der Waals surface area (Å²) in [5, 5.41) is 3.64. The van der Waals surface area contributed by atoms with Crippen LogP contribution in [0.5, 0.6) is 5.75 Å². The Kier molecular flexibility index (Phi) is 7.60. The normalized spacial score (nSPS) is 21.9. The fourth-order valence-electron chi connectivity index (χ4n) is 4.28. The first-order valence-electron chi connectivity index (χ1n) is 10.6. The van der Waals surface area contributed by atoms with Crippen molar-refractivity contribution in [1.29, 1.82) is 0 Å². The van der Waals surface area contributed by atoms with Gasteiger partial charge in [-0.05, 0) is 31.2 Å². The fraction of sp³-hybridized carbons (Fsp3) is 0.636. The quantitative estimate of drug-likeness (QED) is 0.709. The molecule has 1 N–H and O–H groups in total. The minimum atomic E-state index is -0.374. The van der Waals surface area contributed by atoms with E-state index in [1.165, 1.54) is 0 Å². The SMILES string of the molecule is COc1ccc(Cl)cc1N1CC(C(=O)NCC(C(C)C)N2CCN(C)CC2)CC1=O. The number of piperazine rings is 1. The Labute approximate surface area is 184 Å². The lowest BCUT2D eigenvalue weighted by molar-refractivity contribution is -0.126. The highest BCUT2D eigenvalue weighted by Crippen LogP contribution is 2.35. The summed E-state index contributed by atoms with van der Waals surface area (Å²) >= 11 is 6.12. The number of nitrogens with zero attached hydrogens (tertiary/aromatic N) is 3. The van der Waals surface area contributed by atoms with Crippen LogP contribution in [0, 0.1) is 11.8 Å². The molecule has 0 saturated carbocycles. The highest BCUT2D eigenvalue weighted by Gasteiger charge is 2.37. The maximum atomic E-state index is 12.9. The van der Waals surface area contributed by atoms with Crippen molar-refractivity contribution in [2.24, 2.45) is 11.8 Å². The zero-order valence-corrected chi connectivity index (χ0v) is 19.1. The molecule has 1 aromatic rings. The van der Waals surface area contributed by atoms with Gasteiger partial charge in [0.25, 0.3) is 0 Å². The number of hydrogen-bond donors (Lipinski definition) is 1. The lowest BCUT2D eigenvalue weighted by Crippen LogP contribution is -2.54. The van der Waals surface area contributed by atoms with Crippen LogP contribution in [0.4, 0.5) is 5.69 Å². The molecule has 30 heavy (non-hydrogen) atoms. The van der Waals surface area contributed by atoms with Crippen molar-refractivity contribution in [3.05, 3.63) is 23.2 Å². The van der Waals surface area contributed by atoms with Crippen LogP contribution < -0.4 is 15.0 Å². The van der Waals surface area contributed by atoms with Crippen LogP contribution in [0.1, 0.15) is 20.3 Å². The third kappa shape index (κ3) is 5.25. The Morgan fingerprint density at radius 2 is 1.97 bits per heavy atom. The molecule has 2 amide bonds. The van der Waals surface area contributed by atoms with Crippen LogP contribution in [-0.4, -0.2) is 81.1 Å². The number of halogens is 1. The average Bonchev–Trinajstić information content (AvgIpc) is 3.10. The van der Waals surface area contributed by atoms with Crippen LogP contribution in [-0.2, 0) is 9.59 Å². The van der Waals surface area contributed by atoms with Gasteiger partial charge in [0, 0.05) is 56.8 Å². The number of hydrogen-bond acceptors (Lipinski definition) is 5. The molecule has 1 aromatic carbocycles. The Bertz CT molecular complexity index is 765. The number of carbonyl (C=O) groups excluding carboxylic acids is 2. The van der Waals surface area contributed by atoms with Crippen molar-refractivity contribution in [3.63, 3.8) is 0 Å². The summed E-state index contributed by atoms with van der Waals surface area (Å²) in [5.41, 5.74) is 0.614. The first kappa shape index (κ1) is 22.8. The zero-order valence-electron chi connectivity index (χ0n) is 18.4. The van der Waals surface area contributed by atoms with Crippen LogP contribution >= 0.6 is 11.6 Å². The van der Waals surface area contributed by atoms with Gasteiger partial charge in [0.15, 0.2) is 0 Å². The van der Waals surface area contributed by atoms with Crippen molar-refractivity contribution in [2.75, 3.05) is 58.3 Å². The summed E-state index contributed by atoms with van der Waals surface area (Å²) in [7, 11) is 3.70. The number of rotatable bonds is 7. The predicted molar refractivity (Wildman–Crippen MR) is 119 cm³/mol. The molecule has 8 heteroatoms. The van der Waals surface area contributed by atoms with Gasteiger partial charge in [-0.3, -0.25) is 14.5 Å². The van der Waals surface area contributed by atoms with Gasteiger partial charge in [-0.2, -0.15) is 0 Å². The van der Waals surface area contributed by atoms with E-state index < -0.39 is 0 Å². The number of ether oxygens (including phenoxy) is 1. The molecule has 0 radical (unpaired) electrons. The number of methoxy groups -OCH3 is 1. The number of nitrogens with one attached hydrogen (secondary N) is 1. The number of benzene rings is 1. The highest BCUT2D eigenvalue weighted by atomic mass is 35.5. The molecule has 2 fully saturated rings. The van der Waals surface area contributed by atoms with Crippen LogP contribution in [0.25, 0.3) is 0 Å². The van der Waals surface area contributed by atoms with Gasteiger partial charge in [-0.25, -0.2) is 0 Å². The van der Waals surface area contributed by atoms with Gasteiger partial charge >= 0.3 is 0 Å². The summed E-state index contributed by atoms with van der Waals surface area (Å²) < 4.78 is 5.37. The fourth-order valence-corrected chi connectivity index (χ4v) is 4.45. The lowest BCUT2D eigenvalue weighted by atomic mass is 10.0. The van der Waals surface area contributed by atoms with Crippen LogP contribution in [0.3, 0.4) is 0 Å². The summed E-state index contributed by atoms with van der Waals surface area (Å²) in [4.78, 5) is 31.9. The molecule has 0 aliphatic carbocycles. The van der Waals surface area contributed by atoms with E-state index in [4.69, 9.17) is 16.3 Å². The third-order valence-electron chi connectivity index (χ3n) is 6.19. The maximum Gasteiger partial charge on any atom is 0.227 e. The number of amides is 2. The molecule has 2 saturated heterocycles. The molecular formula is C22H33ClN4O3. The molecule has 0 spiro atoms. The first-order valence-corrected chi connectivity index (χ1v) is 11.0. The van der Waals surface area contributed by atoms with Gasteiger partial charge in [0.05, 0.1) is 18.7 Å². The maximum absolute atomic E-state index is 12.9. The van der Waals surface area contributed by atoms with E-state index in [1.54, 1.807) is 30.2 Å². The molecule has 2 aliphatic rings. The van der Waals surface area contributed by atoms with E-state index in [1.807, 2.05) is 0 Å². The van der Waals surface area contributed by atoms with E-state index in [0.717, 1.165) is 26.2 Å². The predicted octanol–water partition coefficient (Wildman–Crippen LogP) is 2.09. The second-order valence-corrected chi connectivity index (χ2v) is 9.05. The summed E-state index contributed by atoms with van der Waals surface area (Å²) in [5.74, 6) is 0.484. The first-order chi connectivity index (χ1) is 14.3. The molecule has 2 atom stereocenters. The molecule has 166 valence electrons. The topological polar surface area (TPSA) is 65.1 Å². The Hall–Kier alpha value is -1.83. The van der Waals surface area contributed by atoms with Crippen molar-refractivity contribution in [1.82, 2.24) is 15.1 Å². The molecule has 3 rings (SSSR count). The van der Waals surface area contributed by atoms with E-state index >= 15 is 0 Å². The Balaban J connectivity index is 1.61. The average molecular weight is 437 g/mol. The van der Waals surface area contributed by atoms with Gasteiger partial charge in [-0.1, -0.05) is 25.4 Å². The van der Waals surface area contributed by atoms with Crippen LogP contribution in [0.15, 0.2) is 18.2 Å². The molecule has 2 heterocycles. The van der Waals surface area contributed by atoms with E-state index in [9.17, 15) is 9.59 Å². The molecule has 0 aromatic heterocycles. The lowest BCUT2D eigenvalue weighted by Gasteiger charge is -2.40. The smallest absolute Gasteiger partial charge is 0.227 e. The molecule has 0 bridgehead atoms. The second kappa shape index (κ2) is 9.98. The number of anilines is 1. The Morgan fingerprint density at radius 3 is 2.60 bits per heavy atom. The van der Waals surface area contributed by atoms with E-state index in [-0.39, 0.29) is 24.2 Å². The molecule has 2 unspecified atom stereocenters. The molecule has 2 aliphatic heterocycles. The minimum Gasteiger partial charge on any atom is -0.495 e. The largest absolute Gasteiger partial charge is 0.495 e. The molecular weight excluding hydrogens is 404 g/mol.